The van der Waals surface area contributed by atoms with Crippen LogP contribution in [0.1, 0.15) is 5.82 Å². The molecule has 0 saturated heterocycles. The van der Waals surface area contributed by atoms with E-state index in [1.807, 2.05) is 0 Å². The highest BCUT2D eigenvalue weighted by Crippen LogP contribution is 2.21. The van der Waals surface area contributed by atoms with Crippen molar-refractivity contribution in [3.05, 3.63) is 24.2 Å². The number of aryl methyl sites for hydroxylation is 1. The number of anilines is 2. The number of nitrogens with one attached hydrogen (secondary N) is 2. The first-order chi connectivity index (χ1) is 8.53. The van der Waals surface area contributed by atoms with Crippen molar-refractivity contribution >= 4 is 32.5 Å². The van der Waals surface area contributed by atoms with Gasteiger partial charge in [-0.15, -0.1) is 0 Å². The van der Waals surface area contributed by atoms with Crippen LogP contribution in [0.25, 0.3) is 0 Å². The second-order valence-corrected chi connectivity index (χ2v) is 5.65. The van der Waals surface area contributed by atoms with Crippen LogP contribution in [0.15, 0.2) is 23.2 Å². The van der Waals surface area contributed by atoms with E-state index in [1.54, 1.807) is 6.92 Å². The van der Waals surface area contributed by atoms with E-state index < -0.39 is 10.0 Å². The fourth-order valence-corrected chi connectivity index (χ4v) is 3.14. The van der Waals surface area contributed by atoms with Gasteiger partial charge in [-0.2, -0.15) is 4.37 Å². The van der Waals surface area contributed by atoms with Gasteiger partial charge in [0, 0.05) is 17.7 Å². The highest BCUT2D eigenvalue weighted by molar-refractivity contribution is 7.93. The van der Waals surface area contributed by atoms with E-state index in [0.717, 1.165) is 11.5 Å². The fourth-order valence-electron chi connectivity index (χ4n) is 1.22. The number of hydrazine groups is 1. The molecule has 0 aromatic carbocycles. The van der Waals surface area contributed by atoms with Crippen molar-refractivity contribution < 1.29 is 8.42 Å². The molecule has 10 heteroatoms. The van der Waals surface area contributed by atoms with Gasteiger partial charge in [-0.25, -0.2) is 24.2 Å². The molecule has 0 atom stereocenters. The van der Waals surface area contributed by atoms with Gasteiger partial charge in [0.05, 0.1) is 0 Å². The molecule has 2 heterocycles. The number of hydrogen-bond acceptors (Lipinski definition) is 8. The van der Waals surface area contributed by atoms with E-state index in [2.05, 4.69) is 24.5 Å². The Labute approximate surface area is 107 Å². The van der Waals surface area contributed by atoms with Gasteiger partial charge in [0.15, 0.2) is 5.82 Å². The zero-order chi connectivity index (χ0) is 13.2. The molecule has 8 nitrogen and oxygen atoms in total. The second-order valence-electron chi connectivity index (χ2n) is 3.25. The molecule has 0 fully saturated rings. The molecule has 0 saturated carbocycles. The Balaban J connectivity index is 2.36. The van der Waals surface area contributed by atoms with Crippen molar-refractivity contribution in [2.45, 2.75) is 11.8 Å². The van der Waals surface area contributed by atoms with Crippen molar-refractivity contribution in [2.75, 3.05) is 10.1 Å². The van der Waals surface area contributed by atoms with Crippen LogP contribution in [-0.2, 0) is 10.0 Å². The highest BCUT2D eigenvalue weighted by Gasteiger charge is 2.20. The molecular formula is C8H10N6O2S2. The van der Waals surface area contributed by atoms with Gasteiger partial charge in [0.2, 0.25) is 5.13 Å². The van der Waals surface area contributed by atoms with Crippen LogP contribution in [-0.4, -0.2) is 22.8 Å². The zero-order valence-corrected chi connectivity index (χ0v) is 10.9. The Bertz CT molecular complexity index is 653. The lowest BCUT2D eigenvalue weighted by Crippen LogP contribution is -2.18. The van der Waals surface area contributed by atoms with E-state index >= 15 is 0 Å². The predicted octanol–water partition coefficient (Wildman–Crippen LogP) is 0.328. The largest absolute Gasteiger partial charge is 0.307 e. The van der Waals surface area contributed by atoms with E-state index in [4.69, 9.17) is 5.84 Å². The summed E-state index contributed by atoms with van der Waals surface area (Å²) in [6, 6.07) is 2.89. The highest BCUT2D eigenvalue weighted by atomic mass is 32.2. The second kappa shape index (κ2) is 4.84. The molecule has 0 amide bonds. The Hall–Kier alpha value is -1.78. The average molecular weight is 286 g/mol. The molecular weight excluding hydrogens is 276 g/mol. The van der Waals surface area contributed by atoms with E-state index in [1.165, 1.54) is 18.3 Å². The third-order valence-electron chi connectivity index (χ3n) is 1.95. The molecule has 0 bridgehead atoms. The lowest BCUT2D eigenvalue weighted by atomic mass is 10.5. The maximum atomic E-state index is 12.1. The van der Waals surface area contributed by atoms with Gasteiger partial charge in [-0.05, 0) is 19.1 Å². The van der Waals surface area contributed by atoms with Crippen LogP contribution in [0.3, 0.4) is 0 Å². The van der Waals surface area contributed by atoms with E-state index in [0.29, 0.717) is 5.82 Å². The standard InChI is InChI=1S/C8H10N6O2S2/c1-5-11-8(17-13-5)14-18(15,16)6-3-2-4-10-7(6)12-9/h2-4H,9H2,1H3,(H,10,12)(H,11,13,14). The molecule has 0 aliphatic carbocycles. The van der Waals surface area contributed by atoms with Crippen molar-refractivity contribution in [1.82, 2.24) is 14.3 Å². The van der Waals surface area contributed by atoms with E-state index in [-0.39, 0.29) is 15.8 Å². The van der Waals surface area contributed by atoms with Crippen molar-refractivity contribution in [1.29, 1.82) is 0 Å². The Morgan fingerprint density at radius 1 is 1.44 bits per heavy atom. The molecule has 0 unspecified atom stereocenters. The Morgan fingerprint density at radius 2 is 2.22 bits per heavy atom. The van der Waals surface area contributed by atoms with E-state index in [9.17, 15) is 8.42 Å². The third kappa shape index (κ3) is 2.55. The number of rotatable bonds is 4. The number of pyridine rings is 1. The smallest absolute Gasteiger partial charge is 0.267 e. The minimum absolute atomic E-state index is 0.0552. The van der Waals surface area contributed by atoms with Gasteiger partial charge in [0.1, 0.15) is 10.7 Å². The number of aromatic nitrogens is 3. The number of nitrogen functional groups attached to an aromatic ring is 1. The SMILES string of the molecule is Cc1nsc(NS(=O)(=O)c2cccnc2NN)n1. The lowest BCUT2D eigenvalue weighted by Gasteiger charge is -2.08. The number of sulfonamides is 1. The summed E-state index contributed by atoms with van der Waals surface area (Å²) >= 11 is 0.961. The fraction of sp³-hybridized carbons (Fsp3) is 0.125. The molecule has 2 rings (SSSR count). The molecule has 2 aromatic heterocycles. The van der Waals surface area contributed by atoms with Gasteiger partial charge in [-0.3, -0.25) is 4.72 Å². The van der Waals surface area contributed by atoms with Crippen LogP contribution in [0, 0.1) is 6.92 Å². The monoisotopic (exact) mass is 286 g/mol. The topological polar surface area (TPSA) is 123 Å². The molecule has 0 aliphatic heterocycles. The number of nitrogens with zero attached hydrogens (tertiary/aromatic N) is 3. The zero-order valence-electron chi connectivity index (χ0n) is 9.28. The maximum Gasteiger partial charge on any atom is 0.267 e. The summed E-state index contributed by atoms with van der Waals surface area (Å²) in [6.07, 6.45) is 1.43. The van der Waals surface area contributed by atoms with Gasteiger partial charge >= 0.3 is 0 Å². The van der Waals surface area contributed by atoms with Crippen molar-refractivity contribution in [3.8, 4) is 0 Å². The summed E-state index contributed by atoms with van der Waals surface area (Å²) in [7, 11) is -3.79. The van der Waals surface area contributed by atoms with Crippen LogP contribution in [0.5, 0.6) is 0 Å². The lowest BCUT2D eigenvalue weighted by molar-refractivity contribution is 0.601. The normalized spacial score (nSPS) is 11.2. The van der Waals surface area contributed by atoms with Crippen molar-refractivity contribution in [3.63, 3.8) is 0 Å². The van der Waals surface area contributed by atoms with Crippen molar-refractivity contribution in [2.24, 2.45) is 5.84 Å². The van der Waals surface area contributed by atoms with Crippen LogP contribution >= 0.6 is 11.5 Å². The minimum Gasteiger partial charge on any atom is -0.307 e. The third-order valence-corrected chi connectivity index (χ3v) is 4.17. The molecule has 2 aromatic rings. The number of nitrogens with two attached hydrogens (primary N) is 1. The first kappa shape index (κ1) is 12.7. The summed E-state index contributed by atoms with van der Waals surface area (Å²) in [5.41, 5.74) is 2.23. The first-order valence-electron chi connectivity index (χ1n) is 4.77. The molecule has 96 valence electrons. The molecule has 4 N–H and O–H groups in total. The Kier molecular flexibility index (Phi) is 3.41. The average Bonchev–Trinajstić information content (AvgIpc) is 2.74. The van der Waals surface area contributed by atoms with Crippen LogP contribution in [0.4, 0.5) is 10.9 Å². The van der Waals surface area contributed by atoms with Gasteiger partial charge < -0.3 is 5.43 Å². The summed E-state index contributed by atoms with van der Waals surface area (Å²) in [4.78, 5) is 7.69. The summed E-state index contributed by atoms with van der Waals surface area (Å²) < 4.78 is 30.4. The van der Waals surface area contributed by atoms with Gasteiger partial charge in [0.25, 0.3) is 10.0 Å². The predicted molar refractivity (Wildman–Crippen MR) is 67.5 cm³/mol. The van der Waals surface area contributed by atoms with Crippen LogP contribution < -0.4 is 16.0 Å². The first-order valence-corrected chi connectivity index (χ1v) is 7.03. The minimum atomic E-state index is -3.79. The Morgan fingerprint density at radius 3 is 2.83 bits per heavy atom. The summed E-state index contributed by atoms with van der Waals surface area (Å²) in [6.45, 7) is 1.67. The number of hydrogen-bond donors (Lipinski definition) is 3. The maximum absolute atomic E-state index is 12.1. The molecule has 18 heavy (non-hydrogen) atoms. The molecule has 0 aliphatic rings. The van der Waals surface area contributed by atoms with Crippen LogP contribution in [0.2, 0.25) is 0 Å². The quantitative estimate of drug-likeness (QED) is 0.546. The molecule has 0 spiro atoms. The summed E-state index contributed by atoms with van der Waals surface area (Å²) in [5.74, 6) is 5.78. The summed E-state index contributed by atoms with van der Waals surface area (Å²) in [5, 5.41) is 0.194. The molecule has 0 radical (unpaired) electrons. The van der Waals surface area contributed by atoms with Gasteiger partial charge in [-0.1, -0.05) is 0 Å².